The number of fused-ring (bicyclic) bond motifs is 1. The van der Waals surface area contributed by atoms with E-state index in [1.165, 1.54) is 12.1 Å². The van der Waals surface area contributed by atoms with Crippen LogP contribution in [0.15, 0.2) is 87.9 Å². The van der Waals surface area contributed by atoms with E-state index in [0.717, 1.165) is 0 Å². The molecule has 8 heteroatoms. The maximum atomic E-state index is 13.3. The van der Waals surface area contributed by atoms with Gasteiger partial charge in [-0.15, -0.1) is 0 Å². The third kappa shape index (κ3) is 3.44. The number of nitro groups is 1. The monoisotopic (exact) mass is 415 g/mol. The number of non-ortho nitro benzene ring substituents is 1. The predicted octanol–water partition coefficient (Wildman–Crippen LogP) is 5.21. The minimum atomic E-state index is -0.569. The third-order valence-corrected chi connectivity index (χ3v) is 5.17. The first-order valence-electron chi connectivity index (χ1n) is 9.63. The molecule has 31 heavy (non-hydrogen) atoms. The molecule has 0 aliphatic carbocycles. The average Bonchev–Trinajstić information content (AvgIpc) is 3.48. The summed E-state index contributed by atoms with van der Waals surface area (Å²) >= 11 is 0. The Kier molecular flexibility index (Phi) is 4.51. The highest BCUT2D eigenvalue weighted by Crippen LogP contribution is 2.36. The second kappa shape index (κ2) is 7.49. The van der Waals surface area contributed by atoms with Gasteiger partial charge in [0.25, 0.3) is 11.6 Å². The number of benzene rings is 2. The SMILES string of the molecule is O=C1c2ccccc2N[C@@H](c2ccc(-c3cccc([N+](=O)[O-])c3)o2)N1Cc1ccco1. The molecule has 1 N–H and O–H groups in total. The summed E-state index contributed by atoms with van der Waals surface area (Å²) in [5, 5.41) is 14.5. The van der Waals surface area contributed by atoms with Crippen molar-refractivity contribution in [2.75, 3.05) is 5.32 Å². The van der Waals surface area contributed by atoms with Crippen LogP contribution in [0.2, 0.25) is 0 Å². The Morgan fingerprint density at radius 2 is 1.90 bits per heavy atom. The fourth-order valence-corrected chi connectivity index (χ4v) is 3.68. The molecule has 0 saturated carbocycles. The minimum absolute atomic E-state index is 0.0187. The molecule has 8 nitrogen and oxygen atoms in total. The van der Waals surface area contributed by atoms with E-state index in [4.69, 9.17) is 8.83 Å². The first kappa shape index (κ1) is 18.7. The first-order chi connectivity index (χ1) is 15.1. The van der Waals surface area contributed by atoms with E-state index in [9.17, 15) is 14.9 Å². The molecule has 0 saturated heterocycles. The van der Waals surface area contributed by atoms with Crippen LogP contribution in [0, 0.1) is 10.1 Å². The molecular formula is C23H17N3O5. The van der Waals surface area contributed by atoms with Gasteiger partial charge >= 0.3 is 0 Å². The van der Waals surface area contributed by atoms with Gasteiger partial charge in [0, 0.05) is 23.4 Å². The Morgan fingerprint density at radius 3 is 2.71 bits per heavy atom. The van der Waals surface area contributed by atoms with Crippen molar-refractivity contribution in [3.63, 3.8) is 0 Å². The zero-order valence-corrected chi connectivity index (χ0v) is 16.2. The third-order valence-electron chi connectivity index (χ3n) is 5.17. The van der Waals surface area contributed by atoms with Crippen molar-refractivity contribution in [3.05, 3.63) is 106 Å². The summed E-state index contributed by atoms with van der Waals surface area (Å²) in [7, 11) is 0. The zero-order valence-electron chi connectivity index (χ0n) is 16.2. The van der Waals surface area contributed by atoms with Crippen LogP contribution in [-0.2, 0) is 6.54 Å². The Balaban J connectivity index is 1.52. The Bertz CT molecular complexity index is 1260. The lowest BCUT2D eigenvalue weighted by atomic mass is 10.1. The number of nitro benzene ring substituents is 1. The molecule has 2 aromatic carbocycles. The van der Waals surface area contributed by atoms with Gasteiger partial charge in [-0.25, -0.2) is 0 Å². The van der Waals surface area contributed by atoms with E-state index in [2.05, 4.69) is 5.32 Å². The lowest BCUT2D eigenvalue weighted by molar-refractivity contribution is -0.384. The largest absolute Gasteiger partial charge is 0.467 e. The number of nitrogens with zero attached hydrogens (tertiary/aromatic N) is 2. The fraction of sp³-hybridized carbons (Fsp3) is 0.0870. The van der Waals surface area contributed by atoms with Crippen LogP contribution in [0.5, 0.6) is 0 Å². The highest BCUT2D eigenvalue weighted by atomic mass is 16.6. The highest BCUT2D eigenvalue weighted by Gasteiger charge is 2.35. The smallest absolute Gasteiger partial charge is 0.270 e. The molecule has 0 radical (unpaired) electrons. The lowest BCUT2D eigenvalue weighted by Crippen LogP contribution is -2.42. The van der Waals surface area contributed by atoms with Crippen LogP contribution in [0.3, 0.4) is 0 Å². The van der Waals surface area contributed by atoms with Crippen molar-refractivity contribution in [3.8, 4) is 11.3 Å². The van der Waals surface area contributed by atoms with Gasteiger partial charge in [0.1, 0.15) is 17.3 Å². The summed E-state index contributed by atoms with van der Waals surface area (Å²) in [5.74, 6) is 1.48. The van der Waals surface area contributed by atoms with Crippen LogP contribution in [-0.4, -0.2) is 15.7 Å². The van der Waals surface area contributed by atoms with E-state index in [0.29, 0.717) is 34.1 Å². The summed E-state index contributed by atoms with van der Waals surface area (Å²) < 4.78 is 11.5. The van der Waals surface area contributed by atoms with Crippen LogP contribution >= 0.6 is 0 Å². The molecule has 1 aliphatic rings. The van der Waals surface area contributed by atoms with Crippen molar-refractivity contribution in [1.82, 2.24) is 4.90 Å². The number of carbonyl (C=O) groups is 1. The number of para-hydroxylation sites is 1. The molecule has 5 rings (SSSR count). The highest BCUT2D eigenvalue weighted by molar-refractivity contribution is 6.01. The maximum absolute atomic E-state index is 13.3. The van der Waals surface area contributed by atoms with Gasteiger partial charge in [0.2, 0.25) is 0 Å². The van der Waals surface area contributed by atoms with Gasteiger partial charge < -0.3 is 19.1 Å². The van der Waals surface area contributed by atoms with Crippen molar-refractivity contribution >= 4 is 17.3 Å². The van der Waals surface area contributed by atoms with Gasteiger partial charge in [0.05, 0.1) is 23.3 Å². The summed E-state index contributed by atoms with van der Waals surface area (Å²) in [6, 6.07) is 20.6. The Morgan fingerprint density at radius 1 is 1.03 bits per heavy atom. The molecule has 154 valence electrons. The van der Waals surface area contributed by atoms with Crippen LogP contribution in [0.25, 0.3) is 11.3 Å². The summed E-state index contributed by atoms with van der Waals surface area (Å²) in [6.45, 7) is 0.255. The fourth-order valence-electron chi connectivity index (χ4n) is 3.68. The molecule has 1 atom stereocenters. The number of amides is 1. The number of furan rings is 2. The van der Waals surface area contributed by atoms with E-state index in [1.54, 1.807) is 47.6 Å². The average molecular weight is 415 g/mol. The van der Waals surface area contributed by atoms with Crippen molar-refractivity contribution in [2.45, 2.75) is 12.7 Å². The second-order valence-corrected chi connectivity index (χ2v) is 7.11. The van der Waals surface area contributed by atoms with Crippen LogP contribution in [0.4, 0.5) is 11.4 Å². The number of hydrogen-bond acceptors (Lipinski definition) is 6. The number of hydrogen-bond donors (Lipinski definition) is 1. The van der Waals surface area contributed by atoms with E-state index >= 15 is 0 Å². The quantitative estimate of drug-likeness (QED) is 0.354. The number of carbonyl (C=O) groups excluding carboxylic acids is 1. The van der Waals surface area contributed by atoms with Crippen molar-refractivity contribution < 1.29 is 18.6 Å². The van der Waals surface area contributed by atoms with E-state index in [1.807, 2.05) is 24.3 Å². The number of anilines is 1. The molecule has 0 bridgehead atoms. The zero-order chi connectivity index (χ0) is 21.4. The minimum Gasteiger partial charge on any atom is -0.467 e. The van der Waals surface area contributed by atoms with E-state index < -0.39 is 11.1 Å². The molecule has 0 spiro atoms. The lowest BCUT2D eigenvalue weighted by Gasteiger charge is -2.36. The molecule has 2 aromatic heterocycles. The molecule has 1 amide bonds. The van der Waals surface area contributed by atoms with Crippen LogP contribution in [0.1, 0.15) is 28.0 Å². The molecule has 3 heterocycles. The standard InChI is InChI=1S/C23H17N3O5/c27-23-18-8-1-2-9-19(18)24-22(25(23)14-17-7-4-12-30-17)21-11-10-20(31-21)15-5-3-6-16(13-15)26(28)29/h1-13,22,24H,14H2/t22-/m1/s1. The second-order valence-electron chi connectivity index (χ2n) is 7.11. The van der Waals surface area contributed by atoms with Gasteiger partial charge in [-0.05, 0) is 36.4 Å². The summed E-state index contributed by atoms with van der Waals surface area (Å²) in [6.07, 6.45) is 0.993. The summed E-state index contributed by atoms with van der Waals surface area (Å²) in [4.78, 5) is 25.5. The Labute approximate surface area is 176 Å². The topological polar surface area (TPSA) is 102 Å². The van der Waals surface area contributed by atoms with Gasteiger partial charge in [0.15, 0.2) is 6.17 Å². The molecule has 4 aromatic rings. The van der Waals surface area contributed by atoms with Gasteiger partial charge in [-0.3, -0.25) is 14.9 Å². The van der Waals surface area contributed by atoms with Crippen molar-refractivity contribution in [1.29, 1.82) is 0 Å². The summed E-state index contributed by atoms with van der Waals surface area (Å²) in [5.41, 5.74) is 1.84. The van der Waals surface area contributed by atoms with E-state index in [-0.39, 0.29) is 18.1 Å². The van der Waals surface area contributed by atoms with Gasteiger partial charge in [-0.1, -0.05) is 24.3 Å². The number of nitrogens with one attached hydrogen (secondary N) is 1. The molecule has 1 aliphatic heterocycles. The number of rotatable bonds is 5. The Hall–Kier alpha value is -4.33. The first-order valence-corrected chi connectivity index (χ1v) is 9.63. The normalized spacial score (nSPS) is 15.4. The maximum Gasteiger partial charge on any atom is 0.270 e. The van der Waals surface area contributed by atoms with Crippen LogP contribution < -0.4 is 5.32 Å². The van der Waals surface area contributed by atoms with Gasteiger partial charge in [-0.2, -0.15) is 0 Å². The van der Waals surface area contributed by atoms with Crippen molar-refractivity contribution in [2.24, 2.45) is 0 Å². The molecule has 0 fully saturated rings. The molecular weight excluding hydrogens is 398 g/mol. The molecule has 0 unspecified atom stereocenters. The predicted molar refractivity (Wildman–Crippen MR) is 112 cm³/mol.